The lowest BCUT2D eigenvalue weighted by Gasteiger charge is -2.33. The first-order valence-corrected chi connectivity index (χ1v) is 9.66. The van der Waals surface area contributed by atoms with Crippen LogP contribution in [-0.4, -0.2) is 53.9 Å². The van der Waals surface area contributed by atoms with E-state index in [4.69, 9.17) is 0 Å². The molecule has 3 rings (SSSR count). The molecular weight excluding hydrogens is 337 g/mol. The minimum Gasteiger partial charge on any atom is -0.340 e. The third kappa shape index (κ3) is 5.09. The van der Waals surface area contributed by atoms with Gasteiger partial charge in [0.25, 0.3) is 5.91 Å². The minimum atomic E-state index is -0.163. The number of piperidine rings is 1. The summed E-state index contributed by atoms with van der Waals surface area (Å²) in [5.74, 6) is 0.386. The number of carbonyl (C=O) groups is 1. The van der Waals surface area contributed by atoms with Crippen LogP contribution < -0.4 is 0 Å². The molecule has 1 aromatic carbocycles. The van der Waals surface area contributed by atoms with Crippen LogP contribution in [-0.2, 0) is 6.42 Å². The van der Waals surface area contributed by atoms with Crippen molar-refractivity contribution in [3.05, 3.63) is 52.2 Å². The Morgan fingerprint density at radius 3 is 2.88 bits per heavy atom. The summed E-state index contributed by atoms with van der Waals surface area (Å²) >= 11 is 1.45. The molecule has 134 valence electrons. The summed E-state index contributed by atoms with van der Waals surface area (Å²) in [6.45, 7) is 3.83. The van der Waals surface area contributed by atoms with E-state index in [-0.39, 0.29) is 11.7 Å². The lowest BCUT2D eigenvalue weighted by atomic mass is 9.96. The highest BCUT2D eigenvalue weighted by molar-refractivity contribution is 7.07. The number of carbonyl (C=O) groups excluding carboxylic acids is 1. The zero-order valence-electron chi connectivity index (χ0n) is 14.5. The van der Waals surface area contributed by atoms with Gasteiger partial charge in [0.1, 0.15) is 11.5 Å². The van der Waals surface area contributed by atoms with E-state index in [0.717, 1.165) is 51.0 Å². The molecule has 1 aliphatic rings. The Bertz CT molecular complexity index is 684. The first-order valence-electron chi connectivity index (χ1n) is 8.72. The number of aromatic nitrogens is 1. The van der Waals surface area contributed by atoms with E-state index in [9.17, 15) is 9.18 Å². The van der Waals surface area contributed by atoms with Crippen LogP contribution in [0.15, 0.2) is 35.2 Å². The number of amides is 1. The van der Waals surface area contributed by atoms with Crippen LogP contribution >= 0.6 is 11.3 Å². The lowest BCUT2D eigenvalue weighted by molar-refractivity contribution is 0.0735. The highest BCUT2D eigenvalue weighted by Gasteiger charge is 2.23. The summed E-state index contributed by atoms with van der Waals surface area (Å²) < 4.78 is 13.2. The van der Waals surface area contributed by atoms with Crippen molar-refractivity contribution in [3.63, 3.8) is 0 Å². The number of halogens is 1. The van der Waals surface area contributed by atoms with Gasteiger partial charge in [0.05, 0.1) is 5.51 Å². The Labute approximate surface area is 152 Å². The number of thiazole rings is 1. The fraction of sp³-hybridized carbons (Fsp3) is 0.474. The minimum absolute atomic E-state index is 0.00906. The van der Waals surface area contributed by atoms with Gasteiger partial charge in [0.2, 0.25) is 0 Å². The van der Waals surface area contributed by atoms with Gasteiger partial charge in [-0.1, -0.05) is 12.1 Å². The third-order valence-corrected chi connectivity index (χ3v) is 5.43. The Morgan fingerprint density at radius 1 is 1.40 bits per heavy atom. The molecule has 25 heavy (non-hydrogen) atoms. The maximum atomic E-state index is 13.2. The molecule has 0 unspecified atom stereocenters. The molecule has 0 N–H and O–H groups in total. The predicted molar refractivity (Wildman–Crippen MR) is 98.3 cm³/mol. The summed E-state index contributed by atoms with van der Waals surface area (Å²) in [7, 11) is 1.86. The van der Waals surface area contributed by atoms with Crippen molar-refractivity contribution in [2.24, 2.45) is 5.92 Å². The van der Waals surface area contributed by atoms with Gasteiger partial charge in [-0.25, -0.2) is 9.37 Å². The van der Waals surface area contributed by atoms with E-state index >= 15 is 0 Å². The van der Waals surface area contributed by atoms with Gasteiger partial charge in [-0.05, 0) is 56.0 Å². The quantitative estimate of drug-likeness (QED) is 0.792. The van der Waals surface area contributed by atoms with E-state index in [2.05, 4.69) is 9.88 Å². The average molecular weight is 361 g/mol. The van der Waals surface area contributed by atoms with E-state index < -0.39 is 0 Å². The Morgan fingerprint density at radius 2 is 2.20 bits per heavy atom. The Balaban J connectivity index is 1.40. The van der Waals surface area contributed by atoms with Crippen LogP contribution in [0.25, 0.3) is 0 Å². The second-order valence-corrected chi connectivity index (χ2v) is 7.44. The van der Waals surface area contributed by atoms with Crippen LogP contribution in [0.5, 0.6) is 0 Å². The smallest absolute Gasteiger partial charge is 0.273 e. The number of benzene rings is 1. The number of nitrogens with zero attached hydrogens (tertiary/aromatic N) is 3. The summed E-state index contributed by atoms with van der Waals surface area (Å²) in [6, 6.07) is 6.85. The van der Waals surface area contributed by atoms with E-state index in [1.165, 1.54) is 17.4 Å². The maximum Gasteiger partial charge on any atom is 0.273 e. The molecule has 0 saturated carbocycles. The second-order valence-electron chi connectivity index (χ2n) is 6.72. The van der Waals surface area contributed by atoms with Crippen molar-refractivity contribution >= 4 is 17.2 Å². The van der Waals surface area contributed by atoms with Gasteiger partial charge in [0.15, 0.2) is 0 Å². The van der Waals surface area contributed by atoms with Gasteiger partial charge in [0, 0.05) is 25.5 Å². The van der Waals surface area contributed by atoms with Crippen molar-refractivity contribution < 1.29 is 9.18 Å². The van der Waals surface area contributed by atoms with Crippen LogP contribution in [0.4, 0.5) is 4.39 Å². The van der Waals surface area contributed by atoms with E-state index in [1.54, 1.807) is 27.9 Å². The summed E-state index contributed by atoms with van der Waals surface area (Å²) in [5, 5.41) is 1.80. The van der Waals surface area contributed by atoms with Gasteiger partial charge < -0.3 is 9.80 Å². The molecule has 0 spiro atoms. The van der Waals surface area contributed by atoms with Gasteiger partial charge >= 0.3 is 0 Å². The van der Waals surface area contributed by atoms with Gasteiger partial charge in [-0.3, -0.25) is 4.79 Å². The van der Waals surface area contributed by atoms with Crippen molar-refractivity contribution in [2.75, 3.05) is 33.2 Å². The number of hydrogen-bond donors (Lipinski definition) is 0. The van der Waals surface area contributed by atoms with E-state index in [1.807, 2.05) is 13.1 Å². The second kappa shape index (κ2) is 8.54. The molecule has 2 aromatic rings. The average Bonchev–Trinajstić information content (AvgIpc) is 3.15. The first-order chi connectivity index (χ1) is 12.1. The zero-order valence-corrected chi connectivity index (χ0v) is 15.3. The molecule has 0 radical (unpaired) electrons. The molecule has 1 aromatic heterocycles. The SMILES string of the molecule is CN(CC1CCN(CCc2cccc(F)c2)CC1)C(=O)c1cscn1. The largest absolute Gasteiger partial charge is 0.340 e. The Kier molecular flexibility index (Phi) is 6.15. The van der Waals surface area contributed by atoms with Crippen molar-refractivity contribution in [1.82, 2.24) is 14.8 Å². The van der Waals surface area contributed by atoms with Gasteiger partial charge in [-0.15, -0.1) is 11.3 Å². The van der Waals surface area contributed by atoms with Crippen LogP contribution in [0.1, 0.15) is 28.9 Å². The lowest BCUT2D eigenvalue weighted by Crippen LogP contribution is -2.40. The Hall–Kier alpha value is -1.79. The number of hydrogen-bond acceptors (Lipinski definition) is 4. The van der Waals surface area contributed by atoms with Gasteiger partial charge in [-0.2, -0.15) is 0 Å². The normalized spacial score (nSPS) is 16.1. The van der Waals surface area contributed by atoms with Crippen molar-refractivity contribution in [3.8, 4) is 0 Å². The first kappa shape index (κ1) is 18.0. The topological polar surface area (TPSA) is 36.4 Å². The molecule has 2 heterocycles. The van der Waals surface area contributed by atoms with Crippen LogP contribution in [0.3, 0.4) is 0 Å². The monoisotopic (exact) mass is 361 g/mol. The molecule has 1 fully saturated rings. The summed E-state index contributed by atoms with van der Waals surface area (Å²) in [6.07, 6.45) is 3.07. The highest BCUT2D eigenvalue weighted by atomic mass is 32.1. The van der Waals surface area contributed by atoms with Crippen molar-refractivity contribution in [1.29, 1.82) is 0 Å². The van der Waals surface area contributed by atoms with E-state index in [0.29, 0.717) is 11.6 Å². The van der Waals surface area contributed by atoms with Crippen LogP contribution in [0.2, 0.25) is 0 Å². The number of likely N-dealkylation sites (tertiary alicyclic amines) is 1. The fourth-order valence-corrected chi connectivity index (χ4v) is 3.88. The molecule has 0 bridgehead atoms. The molecule has 0 aliphatic carbocycles. The molecule has 1 aliphatic heterocycles. The maximum absolute atomic E-state index is 13.2. The molecule has 0 atom stereocenters. The molecular formula is C19H24FN3OS. The fourth-order valence-electron chi connectivity index (χ4n) is 3.36. The molecule has 1 amide bonds. The molecule has 4 nitrogen and oxygen atoms in total. The molecule has 1 saturated heterocycles. The summed E-state index contributed by atoms with van der Waals surface area (Å²) in [4.78, 5) is 20.6. The molecule has 6 heteroatoms. The third-order valence-electron chi connectivity index (χ3n) is 4.84. The van der Waals surface area contributed by atoms with Crippen LogP contribution in [0, 0.1) is 11.7 Å². The summed E-state index contributed by atoms with van der Waals surface area (Å²) in [5.41, 5.74) is 3.29. The van der Waals surface area contributed by atoms with Crippen molar-refractivity contribution in [2.45, 2.75) is 19.3 Å². The number of rotatable bonds is 6. The highest BCUT2D eigenvalue weighted by Crippen LogP contribution is 2.19. The standard InChI is InChI=1S/C19H24FN3OS/c1-22(19(24)18-13-25-14-21-18)12-16-6-9-23(10-7-16)8-5-15-3-2-4-17(20)11-15/h2-4,11,13-14,16H,5-10,12H2,1H3. The predicted octanol–water partition coefficient (Wildman–Crippen LogP) is 3.31. The zero-order chi connectivity index (χ0) is 17.6.